The summed E-state index contributed by atoms with van der Waals surface area (Å²) in [5.41, 5.74) is 1.60. The van der Waals surface area contributed by atoms with Gasteiger partial charge in [-0.05, 0) is 37.7 Å². The van der Waals surface area contributed by atoms with Gasteiger partial charge in [0.25, 0.3) is 0 Å². The van der Waals surface area contributed by atoms with E-state index in [2.05, 4.69) is 4.90 Å². The van der Waals surface area contributed by atoms with Crippen molar-refractivity contribution in [2.45, 2.75) is 20.0 Å². The highest BCUT2D eigenvalue weighted by molar-refractivity contribution is 5.90. The van der Waals surface area contributed by atoms with Crippen LogP contribution in [0, 0.1) is 6.92 Å². The summed E-state index contributed by atoms with van der Waals surface area (Å²) in [4.78, 5) is 13.7. The SMILES string of the molecule is COC(=O)c1cc(CN(C)Cc2ccc3c(c2)OCCO3)oc1C. The second kappa shape index (κ2) is 6.97. The van der Waals surface area contributed by atoms with E-state index in [9.17, 15) is 4.79 Å². The maximum atomic E-state index is 11.6. The number of nitrogens with zero attached hydrogens (tertiary/aromatic N) is 1. The predicted molar refractivity (Wildman–Crippen MR) is 87.4 cm³/mol. The monoisotopic (exact) mass is 331 g/mol. The van der Waals surface area contributed by atoms with Gasteiger partial charge in [-0.3, -0.25) is 4.90 Å². The highest BCUT2D eigenvalue weighted by atomic mass is 16.6. The molecule has 0 radical (unpaired) electrons. The van der Waals surface area contributed by atoms with Crippen LogP contribution in [0.15, 0.2) is 28.7 Å². The summed E-state index contributed by atoms with van der Waals surface area (Å²) in [7, 11) is 3.36. The normalized spacial score (nSPS) is 13.2. The maximum Gasteiger partial charge on any atom is 0.341 e. The smallest absolute Gasteiger partial charge is 0.341 e. The zero-order valence-corrected chi connectivity index (χ0v) is 14.1. The predicted octanol–water partition coefficient (Wildman–Crippen LogP) is 2.78. The first-order valence-corrected chi connectivity index (χ1v) is 7.81. The molecule has 0 amide bonds. The number of methoxy groups -OCH3 is 1. The lowest BCUT2D eigenvalue weighted by Crippen LogP contribution is -2.18. The first kappa shape index (κ1) is 16.4. The van der Waals surface area contributed by atoms with Crippen molar-refractivity contribution in [3.63, 3.8) is 0 Å². The fraction of sp³-hybridized carbons (Fsp3) is 0.389. The minimum atomic E-state index is -0.378. The molecule has 6 nitrogen and oxygen atoms in total. The second-order valence-corrected chi connectivity index (χ2v) is 5.82. The van der Waals surface area contributed by atoms with Crippen LogP contribution in [-0.2, 0) is 17.8 Å². The van der Waals surface area contributed by atoms with Crippen molar-refractivity contribution in [3.8, 4) is 11.5 Å². The first-order chi connectivity index (χ1) is 11.6. The quantitative estimate of drug-likeness (QED) is 0.785. The molecule has 128 valence electrons. The van der Waals surface area contributed by atoms with Crippen LogP contribution < -0.4 is 9.47 Å². The third-order valence-corrected chi connectivity index (χ3v) is 3.86. The number of hydrogen-bond donors (Lipinski definition) is 0. The minimum absolute atomic E-state index is 0.378. The van der Waals surface area contributed by atoms with Gasteiger partial charge in [-0.25, -0.2) is 4.79 Å². The van der Waals surface area contributed by atoms with E-state index in [0.29, 0.717) is 31.1 Å². The summed E-state index contributed by atoms with van der Waals surface area (Å²) in [6.45, 7) is 4.24. The Labute approximate surface area is 140 Å². The van der Waals surface area contributed by atoms with Gasteiger partial charge in [-0.2, -0.15) is 0 Å². The molecular formula is C18H21NO5. The summed E-state index contributed by atoms with van der Waals surface area (Å²) < 4.78 is 21.5. The van der Waals surface area contributed by atoms with Crippen LogP contribution >= 0.6 is 0 Å². The van der Waals surface area contributed by atoms with E-state index in [1.807, 2.05) is 25.2 Å². The van der Waals surface area contributed by atoms with Crippen molar-refractivity contribution >= 4 is 5.97 Å². The number of hydrogen-bond acceptors (Lipinski definition) is 6. The number of rotatable bonds is 5. The molecule has 1 aliphatic rings. The third kappa shape index (κ3) is 3.54. The largest absolute Gasteiger partial charge is 0.486 e. The molecule has 0 saturated carbocycles. The lowest BCUT2D eigenvalue weighted by atomic mass is 10.2. The molecular weight excluding hydrogens is 310 g/mol. The van der Waals surface area contributed by atoms with E-state index < -0.39 is 0 Å². The number of esters is 1. The van der Waals surface area contributed by atoms with Crippen molar-refractivity contribution in [2.24, 2.45) is 0 Å². The lowest BCUT2D eigenvalue weighted by Gasteiger charge is -2.20. The number of carbonyl (C=O) groups is 1. The molecule has 2 aromatic rings. The van der Waals surface area contributed by atoms with Crippen LogP contribution in [0.4, 0.5) is 0 Å². The molecule has 0 saturated heterocycles. The standard InChI is InChI=1S/C18H21NO5/c1-12-15(18(20)21-3)9-14(24-12)11-19(2)10-13-4-5-16-17(8-13)23-7-6-22-16/h4-5,8-9H,6-7,10-11H2,1-3H3. The molecule has 1 aromatic carbocycles. The highest BCUT2D eigenvalue weighted by Gasteiger charge is 2.17. The van der Waals surface area contributed by atoms with Crippen LogP contribution in [0.25, 0.3) is 0 Å². The minimum Gasteiger partial charge on any atom is -0.486 e. The fourth-order valence-electron chi connectivity index (χ4n) is 2.75. The number of carbonyl (C=O) groups excluding carboxylic acids is 1. The van der Waals surface area contributed by atoms with Crippen LogP contribution in [-0.4, -0.2) is 38.2 Å². The average molecular weight is 331 g/mol. The fourth-order valence-corrected chi connectivity index (χ4v) is 2.75. The molecule has 0 bridgehead atoms. The Kier molecular flexibility index (Phi) is 4.76. The van der Waals surface area contributed by atoms with E-state index in [4.69, 9.17) is 18.6 Å². The third-order valence-electron chi connectivity index (χ3n) is 3.86. The van der Waals surface area contributed by atoms with E-state index >= 15 is 0 Å². The number of aryl methyl sites for hydroxylation is 1. The van der Waals surface area contributed by atoms with Gasteiger partial charge in [-0.15, -0.1) is 0 Å². The Morgan fingerprint density at radius 3 is 2.67 bits per heavy atom. The van der Waals surface area contributed by atoms with Crippen molar-refractivity contribution in [2.75, 3.05) is 27.4 Å². The molecule has 0 fully saturated rings. The molecule has 24 heavy (non-hydrogen) atoms. The van der Waals surface area contributed by atoms with Crippen LogP contribution in [0.3, 0.4) is 0 Å². The van der Waals surface area contributed by atoms with Gasteiger partial charge in [0.05, 0.1) is 13.7 Å². The topological polar surface area (TPSA) is 61.1 Å². The molecule has 3 rings (SSSR count). The molecule has 1 aromatic heterocycles. The van der Waals surface area contributed by atoms with Crippen LogP contribution in [0.5, 0.6) is 11.5 Å². The van der Waals surface area contributed by atoms with Gasteiger partial charge in [0.15, 0.2) is 11.5 Å². The van der Waals surface area contributed by atoms with Gasteiger partial charge < -0.3 is 18.6 Å². The van der Waals surface area contributed by atoms with Gasteiger partial charge in [-0.1, -0.05) is 6.07 Å². The molecule has 2 heterocycles. The molecule has 0 unspecified atom stereocenters. The summed E-state index contributed by atoms with van der Waals surface area (Å²) in [6.07, 6.45) is 0. The van der Waals surface area contributed by atoms with Crippen molar-refractivity contribution in [3.05, 3.63) is 46.9 Å². The van der Waals surface area contributed by atoms with Crippen molar-refractivity contribution < 1.29 is 23.4 Å². The van der Waals surface area contributed by atoms with Gasteiger partial charge in [0, 0.05) is 6.54 Å². The Morgan fingerprint density at radius 1 is 1.17 bits per heavy atom. The lowest BCUT2D eigenvalue weighted by molar-refractivity contribution is 0.0599. The summed E-state index contributed by atoms with van der Waals surface area (Å²) in [5, 5.41) is 0. The van der Waals surface area contributed by atoms with Crippen molar-refractivity contribution in [1.82, 2.24) is 4.90 Å². The Morgan fingerprint density at radius 2 is 1.92 bits per heavy atom. The Balaban J connectivity index is 1.65. The zero-order chi connectivity index (χ0) is 17.1. The first-order valence-electron chi connectivity index (χ1n) is 7.81. The molecule has 0 N–H and O–H groups in total. The summed E-state index contributed by atoms with van der Waals surface area (Å²) in [5.74, 6) is 2.50. The molecule has 0 atom stereocenters. The van der Waals surface area contributed by atoms with Gasteiger partial charge in [0.1, 0.15) is 30.3 Å². The average Bonchev–Trinajstić information content (AvgIpc) is 2.94. The molecule has 1 aliphatic heterocycles. The van der Waals surface area contributed by atoms with E-state index in [1.54, 1.807) is 13.0 Å². The maximum absolute atomic E-state index is 11.6. The van der Waals surface area contributed by atoms with Crippen molar-refractivity contribution in [1.29, 1.82) is 0 Å². The van der Waals surface area contributed by atoms with Crippen LogP contribution in [0.2, 0.25) is 0 Å². The van der Waals surface area contributed by atoms with E-state index in [1.165, 1.54) is 7.11 Å². The number of benzene rings is 1. The molecule has 0 spiro atoms. The van der Waals surface area contributed by atoms with Gasteiger partial charge >= 0.3 is 5.97 Å². The zero-order valence-electron chi connectivity index (χ0n) is 14.1. The van der Waals surface area contributed by atoms with Gasteiger partial charge in [0.2, 0.25) is 0 Å². The summed E-state index contributed by atoms with van der Waals surface area (Å²) in [6, 6.07) is 7.70. The molecule has 6 heteroatoms. The highest BCUT2D eigenvalue weighted by Crippen LogP contribution is 2.31. The summed E-state index contributed by atoms with van der Waals surface area (Å²) >= 11 is 0. The number of ether oxygens (including phenoxy) is 3. The second-order valence-electron chi connectivity index (χ2n) is 5.82. The van der Waals surface area contributed by atoms with E-state index in [0.717, 1.165) is 29.4 Å². The number of fused-ring (bicyclic) bond motifs is 1. The molecule has 0 aliphatic carbocycles. The number of furan rings is 1. The van der Waals surface area contributed by atoms with E-state index in [-0.39, 0.29) is 5.97 Å². The Bertz CT molecular complexity index is 737. The van der Waals surface area contributed by atoms with Crippen LogP contribution in [0.1, 0.15) is 27.4 Å². The Hall–Kier alpha value is -2.47.